The van der Waals surface area contributed by atoms with Crippen molar-refractivity contribution in [1.82, 2.24) is 10.2 Å². The van der Waals surface area contributed by atoms with Crippen LogP contribution in [0.2, 0.25) is 10.0 Å². The predicted molar refractivity (Wildman–Crippen MR) is 113 cm³/mol. The third kappa shape index (κ3) is 5.08. The average molecular weight is 456 g/mol. The zero-order chi connectivity index (χ0) is 20.1. The fraction of sp³-hybridized carbons (Fsp3) is 0.167. The Morgan fingerprint density at radius 2 is 1.93 bits per heavy atom. The lowest BCUT2D eigenvalue weighted by Gasteiger charge is -2.09. The molecule has 0 aliphatic rings. The highest BCUT2D eigenvalue weighted by molar-refractivity contribution is 8.00. The average Bonchev–Trinajstić information content (AvgIpc) is 3.15. The van der Waals surface area contributed by atoms with Crippen LogP contribution in [0.1, 0.15) is 15.9 Å². The van der Waals surface area contributed by atoms with Gasteiger partial charge in [-0.15, -0.1) is 10.2 Å². The Kier molecular flexibility index (Phi) is 7.01. The van der Waals surface area contributed by atoms with Gasteiger partial charge in [-0.25, -0.2) is 0 Å². The molecule has 0 unspecified atom stereocenters. The van der Waals surface area contributed by atoms with Gasteiger partial charge in [0, 0.05) is 11.8 Å². The quantitative estimate of drug-likeness (QED) is 0.379. The SMILES string of the molecule is COc1ccc(C(=O)Nc2nnc(SCc3ccc(Cl)c(Cl)c3)s2)c(OC)c1. The molecular weight excluding hydrogens is 441 g/mol. The second-order valence-electron chi connectivity index (χ2n) is 5.43. The summed E-state index contributed by atoms with van der Waals surface area (Å²) in [7, 11) is 3.04. The van der Waals surface area contributed by atoms with Crippen molar-refractivity contribution in [3.63, 3.8) is 0 Å². The number of rotatable bonds is 7. The van der Waals surface area contributed by atoms with Crippen LogP contribution < -0.4 is 14.8 Å². The number of carbonyl (C=O) groups excluding carboxylic acids is 1. The number of benzene rings is 2. The number of hydrogen-bond donors (Lipinski definition) is 1. The first-order valence-corrected chi connectivity index (χ1v) is 10.5. The van der Waals surface area contributed by atoms with Gasteiger partial charge < -0.3 is 9.47 Å². The van der Waals surface area contributed by atoms with Crippen molar-refractivity contribution in [2.24, 2.45) is 0 Å². The van der Waals surface area contributed by atoms with Gasteiger partial charge in [0.25, 0.3) is 5.91 Å². The highest BCUT2D eigenvalue weighted by atomic mass is 35.5. The van der Waals surface area contributed by atoms with Gasteiger partial charge in [0.1, 0.15) is 11.5 Å². The monoisotopic (exact) mass is 455 g/mol. The maximum atomic E-state index is 12.5. The summed E-state index contributed by atoms with van der Waals surface area (Å²) in [5.41, 5.74) is 1.40. The minimum atomic E-state index is -0.336. The number of ether oxygens (including phenoxy) is 2. The van der Waals surface area contributed by atoms with Gasteiger partial charge in [0.2, 0.25) is 5.13 Å². The molecule has 1 heterocycles. The van der Waals surface area contributed by atoms with Gasteiger partial charge in [-0.05, 0) is 29.8 Å². The number of halogens is 2. The molecule has 146 valence electrons. The van der Waals surface area contributed by atoms with Crippen molar-refractivity contribution in [2.75, 3.05) is 19.5 Å². The van der Waals surface area contributed by atoms with Crippen LogP contribution in [0.4, 0.5) is 5.13 Å². The Morgan fingerprint density at radius 1 is 1.11 bits per heavy atom. The maximum Gasteiger partial charge on any atom is 0.261 e. The van der Waals surface area contributed by atoms with Gasteiger partial charge in [-0.3, -0.25) is 10.1 Å². The summed E-state index contributed by atoms with van der Waals surface area (Å²) in [4.78, 5) is 12.5. The van der Waals surface area contributed by atoms with E-state index in [0.717, 1.165) is 9.90 Å². The summed E-state index contributed by atoms with van der Waals surface area (Å²) >= 11 is 14.7. The maximum absolute atomic E-state index is 12.5. The summed E-state index contributed by atoms with van der Waals surface area (Å²) in [5, 5.41) is 12.3. The van der Waals surface area contributed by atoms with E-state index in [2.05, 4.69) is 15.5 Å². The largest absolute Gasteiger partial charge is 0.497 e. The Hall–Kier alpha value is -2.00. The van der Waals surface area contributed by atoms with E-state index in [0.29, 0.717) is 38.0 Å². The standard InChI is InChI=1S/C18H15Cl2N3O3S2/c1-25-11-4-5-12(15(8-11)26-2)16(24)21-17-22-23-18(28-17)27-9-10-3-6-13(19)14(20)7-10/h3-8H,9H2,1-2H3,(H,21,22,24). The third-order valence-corrected chi connectivity index (χ3v) is 6.41. The molecule has 0 bridgehead atoms. The van der Waals surface area contributed by atoms with Crippen molar-refractivity contribution in [3.8, 4) is 11.5 Å². The Balaban J connectivity index is 1.64. The van der Waals surface area contributed by atoms with E-state index in [-0.39, 0.29) is 5.91 Å². The number of anilines is 1. The van der Waals surface area contributed by atoms with Gasteiger partial charge >= 0.3 is 0 Å². The van der Waals surface area contributed by atoms with Crippen molar-refractivity contribution in [3.05, 3.63) is 57.6 Å². The van der Waals surface area contributed by atoms with Crippen LogP contribution in [0.5, 0.6) is 11.5 Å². The Morgan fingerprint density at radius 3 is 2.64 bits per heavy atom. The molecule has 0 saturated heterocycles. The predicted octanol–water partition coefficient (Wildman–Crippen LogP) is 5.41. The highest BCUT2D eigenvalue weighted by Gasteiger charge is 2.16. The minimum Gasteiger partial charge on any atom is -0.497 e. The molecule has 6 nitrogen and oxygen atoms in total. The minimum absolute atomic E-state index is 0.336. The van der Waals surface area contributed by atoms with Gasteiger partial charge in [-0.1, -0.05) is 52.4 Å². The smallest absolute Gasteiger partial charge is 0.261 e. The van der Waals surface area contributed by atoms with E-state index in [4.69, 9.17) is 32.7 Å². The summed E-state index contributed by atoms with van der Waals surface area (Å²) in [5.74, 6) is 1.34. The van der Waals surface area contributed by atoms with Gasteiger partial charge in [0.15, 0.2) is 4.34 Å². The molecule has 0 radical (unpaired) electrons. The van der Waals surface area contributed by atoms with Crippen molar-refractivity contribution in [1.29, 1.82) is 0 Å². The van der Waals surface area contributed by atoms with Crippen LogP contribution in [0.3, 0.4) is 0 Å². The molecule has 0 aliphatic carbocycles. The molecule has 1 aromatic heterocycles. The normalized spacial score (nSPS) is 10.6. The summed E-state index contributed by atoms with van der Waals surface area (Å²) < 4.78 is 11.1. The summed E-state index contributed by atoms with van der Waals surface area (Å²) in [6, 6.07) is 10.4. The second kappa shape index (κ2) is 9.47. The molecule has 1 N–H and O–H groups in total. The zero-order valence-electron chi connectivity index (χ0n) is 14.9. The van der Waals surface area contributed by atoms with Gasteiger partial charge in [0.05, 0.1) is 29.8 Å². The first kappa shape index (κ1) is 20.7. The van der Waals surface area contributed by atoms with Crippen molar-refractivity contribution < 1.29 is 14.3 Å². The molecule has 0 spiro atoms. The molecule has 28 heavy (non-hydrogen) atoms. The summed E-state index contributed by atoms with van der Waals surface area (Å²) in [6.07, 6.45) is 0. The van der Waals surface area contributed by atoms with Crippen LogP contribution in [-0.4, -0.2) is 30.3 Å². The van der Waals surface area contributed by atoms with Crippen molar-refractivity contribution in [2.45, 2.75) is 10.1 Å². The Labute approximate surface area is 180 Å². The lowest BCUT2D eigenvalue weighted by Crippen LogP contribution is -2.13. The third-order valence-electron chi connectivity index (χ3n) is 3.63. The lowest BCUT2D eigenvalue weighted by atomic mass is 10.2. The van der Waals surface area contributed by atoms with E-state index in [1.807, 2.05) is 12.1 Å². The highest BCUT2D eigenvalue weighted by Crippen LogP contribution is 2.31. The fourth-order valence-corrected chi connectivity index (χ4v) is 4.25. The first-order valence-electron chi connectivity index (χ1n) is 7.93. The number of nitrogens with one attached hydrogen (secondary N) is 1. The van der Waals surface area contributed by atoms with Crippen LogP contribution in [-0.2, 0) is 5.75 Å². The fourth-order valence-electron chi connectivity index (χ4n) is 2.24. The molecule has 0 fully saturated rings. The molecule has 3 aromatic rings. The van der Waals surface area contributed by atoms with Crippen LogP contribution in [0.15, 0.2) is 40.7 Å². The number of hydrogen-bond acceptors (Lipinski definition) is 7. The number of amides is 1. The topological polar surface area (TPSA) is 73.3 Å². The number of aromatic nitrogens is 2. The lowest BCUT2D eigenvalue weighted by molar-refractivity contribution is 0.102. The molecule has 0 saturated carbocycles. The molecule has 3 rings (SSSR count). The van der Waals surface area contributed by atoms with E-state index in [1.54, 1.807) is 31.4 Å². The first-order chi connectivity index (χ1) is 13.5. The Bertz CT molecular complexity index is 998. The van der Waals surface area contributed by atoms with E-state index < -0.39 is 0 Å². The number of methoxy groups -OCH3 is 2. The number of thioether (sulfide) groups is 1. The van der Waals surface area contributed by atoms with Crippen LogP contribution in [0, 0.1) is 0 Å². The molecular formula is C18H15Cl2N3O3S2. The van der Waals surface area contributed by atoms with E-state index in [9.17, 15) is 4.79 Å². The molecule has 2 aromatic carbocycles. The molecule has 0 aliphatic heterocycles. The molecule has 1 amide bonds. The van der Waals surface area contributed by atoms with Gasteiger partial charge in [-0.2, -0.15) is 0 Å². The van der Waals surface area contributed by atoms with E-state index in [1.165, 1.54) is 30.2 Å². The molecule has 0 atom stereocenters. The van der Waals surface area contributed by atoms with Crippen LogP contribution in [0.25, 0.3) is 0 Å². The zero-order valence-corrected chi connectivity index (χ0v) is 18.0. The van der Waals surface area contributed by atoms with Crippen LogP contribution >= 0.6 is 46.3 Å². The molecule has 10 heteroatoms. The summed E-state index contributed by atoms with van der Waals surface area (Å²) in [6.45, 7) is 0. The second-order valence-corrected chi connectivity index (χ2v) is 8.44. The number of nitrogens with zero attached hydrogens (tertiary/aromatic N) is 2. The van der Waals surface area contributed by atoms with Crippen molar-refractivity contribution >= 4 is 57.3 Å². The van der Waals surface area contributed by atoms with E-state index >= 15 is 0 Å². The number of carbonyl (C=O) groups is 1.